The molecule has 1 atom stereocenters. The molecule has 0 aliphatic heterocycles. The number of methoxy groups -OCH3 is 1. The van der Waals surface area contributed by atoms with Crippen LogP contribution in [-0.4, -0.2) is 30.9 Å². The number of carbonyl (C=O) groups excluding carboxylic acids is 1. The first-order valence-corrected chi connectivity index (χ1v) is 8.50. The molecule has 1 heterocycles. The first-order valence-electron chi connectivity index (χ1n) is 7.74. The zero-order valence-corrected chi connectivity index (χ0v) is 15.9. The van der Waals surface area contributed by atoms with E-state index in [1.165, 1.54) is 37.7 Å². The molecule has 0 aliphatic carbocycles. The van der Waals surface area contributed by atoms with Crippen molar-refractivity contribution < 1.29 is 27.8 Å². The van der Waals surface area contributed by atoms with Crippen LogP contribution in [0.2, 0.25) is 10.0 Å². The normalized spacial score (nSPS) is 12.0. The van der Waals surface area contributed by atoms with E-state index in [2.05, 4.69) is 15.0 Å². The van der Waals surface area contributed by atoms with Crippen LogP contribution >= 0.6 is 23.2 Å². The lowest BCUT2D eigenvalue weighted by Crippen LogP contribution is -2.19. The molecule has 0 saturated carbocycles. The van der Waals surface area contributed by atoms with Crippen molar-refractivity contribution in [3.63, 3.8) is 0 Å². The molecule has 10 heteroatoms. The summed E-state index contributed by atoms with van der Waals surface area (Å²) >= 11 is 12.0. The van der Waals surface area contributed by atoms with Gasteiger partial charge in [-0.2, -0.15) is 8.78 Å². The topological polar surface area (TPSA) is 69.7 Å². The quantitative estimate of drug-likeness (QED) is 0.608. The highest BCUT2D eigenvalue weighted by Crippen LogP contribution is 2.33. The highest BCUT2D eigenvalue weighted by Gasteiger charge is 2.19. The number of nitrogens with zero attached hydrogens (tertiary/aromatic N) is 1. The minimum atomic E-state index is -3.05. The molecule has 27 heavy (non-hydrogen) atoms. The molecule has 0 spiro atoms. The van der Waals surface area contributed by atoms with E-state index < -0.39 is 18.8 Å². The fourth-order valence-electron chi connectivity index (χ4n) is 2.09. The maximum atomic E-state index is 12.6. The van der Waals surface area contributed by atoms with Gasteiger partial charge in [-0.15, -0.1) is 0 Å². The molecule has 0 fully saturated rings. The number of alkyl halides is 2. The lowest BCUT2D eigenvalue weighted by molar-refractivity contribution is -0.0702. The van der Waals surface area contributed by atoms with Gasteiger partial charge in [-0.05, 0) is 18.2 Å². The number of hydrogen-bond acceptors (Lipinski definition) is 5. The maximum absolute atomic E-state index is 12.6. The van der Waals surface area contributed by atoms with Gasteiger partial charge in [0.05, 0.1) is 15.7 Å². The monoisotopic (exact) mass is 420 g/mol. The van der Waals surface area contributed by atoms with Gasteiger partial charge in [0.2, 0.25) is 0 Å². The van der Waals surface area contributed by atoms with Crippen LogP contribution in [0, 0.1) is 0 Å². The first-order chi connectivity index (χ1) is 12.8. The van der Waals surface area contributed by atoms with Gasteiger partial charge in [0.25, 0.3) is 5.91 Å². The molecule has 1 aromatic carbocycles. The smallest absolute Gasteiger partial charge is 0.387 e. The van der Waals surface area contributed by atoms with Crippen molar-refractivity contribution in [2.24, 2.45) is 0 Å². The van der Waals surface area contributed by atoms with E-state index in [1.807, 2.05) is 0 Å². The lowest BCUT2D eigenvalue weighted by atomic mass is 10.2. The van der Waals surface area contributed by atoms with Gasteiger partial charge in [-0.1, -0.05) is 30.1 Å². The Labute approximate surface area is 164 Å². The van der Waals surface area contributed by atoms with Crippen molar-refractivity contribution in [2.75, 3.05) is 12.4 Å². The van der Waals surface area contributed by atoms with Gasteiger partial charge >= 0.3 is 6.61 Å². The maximum Gasteiger partial charge on any atom is 0.387 e. The lowest BCUT2D eigenvalue weighted by Gasteiger charge is -2.19. The second-order valence-electron chi connectivity index (χ2n) is 5.16. The fraction of sp³-hybridized carbons (Fsp3) is 0.294. The predicted molar refractivity (Wildman–Crippen MR) is 97.0 cm³/mol. The van der Waals surface area contributed by atoms with Crippen molar-refractivity contribution in [2.45, 2.75) is 26.2 Å². The van der Waals surface area contributed by atoms with Crippen LogP contribution in [0.1, 0.15) is 23.7 Å². The standard InChI is InChI=1S/C17H16Cl2F2N2O4/c1-3-14(25-2)26-13-6-9(4-5-12(13)27-17(20)21)16(24)23-15-10(18)7-22-8-11(15)19/h4-8,14,17H,3H2,1-2H3,(H,22,23,24). The second-order valence-corrected chi connectivity index (χ2v) is 5.98. The zero-order valence-electron chi connectivity index (χ0n) is 14.3. The third kappa shape index (κ3) is 5.66. The molecular formula is C17H16Cl2F2N2O4. The molecule has 2 aromatic rings. The van der Waals surface area contributed by atoms with Crippen molar-refractivity contribution >= 4 is 34.8 Å². The van der Waals surface area contributed by atoms with Crippen LogP contribution in [0.3, 0.4) is 0 Å². The Morgan fingerprint density at radius 3 is 2.41 bits per heavy atom. The molecule has 1 aromatic heterocycles. The van der Waals surface area contributed by atoms with E-state index >= 15 is 0 Å². The number of halogens is 4. The molecule has 1 N–H and O–H groups in total. The van der Waals surface area contributed by atoms with Crippen LogP contribution in [-0.2, 0) is 4.74 Å². The minimum Gasteiger partial charge on any atom is -0.461 e. The van der Waals surface area contributed by atoms with Crippen LogP contribution in [0.25, 0.3) is 0 Å². The third-order valence-electron chi connectivity index (χ3n) is 3.37. The summed E-state index contributed by atoms with van der Waals surface area (Å²) in [6.45, 7) is -1.27. The SMILES string of the molecule is CCC(OC)Oc1cc(C(=O)Nc2c(Cl)cncc2Cl)ccc1OC(F)F. The van der Waals surface area contributed by atoms with E-state index in [0.29, 0.717) is 6.42 Å². The largest absolute Gasteiger partial charge is 0.461 e. The Bertz CT molecular complexity index is 784. The number of ether oxygens (including phenoxy) is 3. The van der Waals surface area contributed by atoms with Crippen LogP contribution in [0.4, 0.5) is 14.5 Å². The summed E-state index contributed by atoms with van der Waals surface area (Å²) < 4.78 is 40.3. The summed E-state index contributed by atoms with van der Waals surface area (Å²) in [4.78, 5) is 16.3. The Hall–Kier alpha value is -2.16. The van der Waals surface area contributed by atoms with Crippen LogP contribution < -0.4 is 14.8 Å². The fourth-order valence-corrected chi connectivity index (χ4v) is 2.55. The minimum absolute atomic E-state index is 0.0661. The molecule has 1 unspecified atom stereocenters. The predicted octanol–water partition coefficient (Wildman–Crippen LogP) is 5.00. The average Bonchev–Trinajstić information content (AvgIpc) is 2.63. The number of hydrogen-bond donors (Lipinski definition) is 1. The Balaban J connectivity index is 2.32. The van der Waals surface area contributed by atoms with E-state index in [1.54, 1.807) is 6.92 Å². The first kappa shape index (κ1) is 21.1. The summed E-state index contributed by atoms with van der Waals surface area (Å²) in [7, 11) is 1.41. The van der Waals surface area contributed by atoms with Crippen molar-refractivity contribution in [1.29, 1.82) is 0 Å². The number of carbonyl (C=O) groups is 1. The van der Waals surface area contributed by atoms with E-state index in [4.69, 9.17) is 32.7 Å². The Morgan fingerprint density at radius 1 is 1.19 bits per heavy atom. The number of benzene rings is 1. The van der Waals surface area contributed by atoms with Gasteiger partial charge in [0.1, 0.15) is 0 Å². The van der Waals surface area contributed by atoms with Crippen molar-refractivity contribution in [3.05, 3.63) is 46.2 Å². The Morgan fingerprint density at radius 2 is 1.85 bits per heavy atom. The molecule has 2 rings (SSSR count). The molecule has 6 nitrogen and oxygen atoms in total. The van der Waals surface area contributed by atoms with E-state index in [9.17, 15) is 13.6 Å². The molecule has 146 valence electrons. The van der Waals surface area contributed by atoms with Crippen LogP contribution in [0.5, 0.6) is 11.5 Å². The molecular weight excluding hydrogens is 405 g/mol. The zero-order chi connectivity index (χ0) is 20.0. The number of aromatic nitrogens is 1. The summed E-state index contributed by atoms with van der Waals surface area (Å²) in [6, 6.07) is 3.77. The molecule has 1 amide bonds. The molecule has 0 radical (unpaired) electrons. The molecule has 0 aliphatic rings. The van der Waals surface area contributed by atoms with Gasteiger partial charge < -0.3 is 19.5 Å². The summed E-state index contributed by atoms with van der Waals surface area (Å²) in [6.07, 6.45) is 2.39. The Kier molecular flexibility index (Phi) is 7.58. The van der Waals surface area contributed by atoms with Crippen molar-refractivity contribution in [3.8, 4) is 11.5 Å². The second kappa shape index (κ2) is 9.68. The summed E-state index contributed by atoms with van der Waals surface area (Å²) in [5.41, 5.74) is 0.290. The van der Waals surface area contributed by atoms with Gasteiger partial charge in [0, 0.05) is 31.5 Å². The van der Waals surface area contributed by atoms with Gasteiger partial charge in [-0.25, -0.2) is 0 Å². The van der Waals surface area contributed by atoms with Gasteiger partial charge in [0.15, 0.2) is 17.8 Å². The molecule has 0 bridgehead atoms. The highest BCUT2D eigenvalue weighted by molar-refractivity contribution is 6.39. The third-order valence-corrected chi connectivity index (χ3v) is 3.94. The number of anilines is 1. The van der Waals surface area contributed by atoms with Gasteiger partial charge in [-0.3, -0.25) is 9.78 Å². The highest BCUT2D eigenvalue weighted by atomic mass is 35.5. The summed E-state index contributed by atoms with van der Waals surface area (Å²) in [5.74, 6) is -0.871. The average molecular weight is 421 g/mol. The molecule has 0 saturated heterocycles. The van der Waals surface area contributed by atoms with Crippen LogP contribution in [0.15, 0.2) is 30.6 Å². The number of nitrogens with one attached hydrogen (secondary N) is 1. The summed E-state index contributed by atoms with van der Waals surface area (Å²) in [5, 5.41) is 2.84. The van der Waals surface area contributed by atoms with E-state index in [-0.39, 0.29) is 32.8 Å². The number of amides is 1. The number of pyridine rings is 1. The van der Waals surface area contributed by atoms with Crippen molar-refractivity contribution in [1.82, 2.24) is 4.98 Å². The number of rotatable bonds is 8. The van der Waals surface area contributed by atoms with E-state index in [0.717, 1.165) is 0 Å².